The number of nitrogens with two attached hydrogens (primary N) is 1. The maximum Gasteiger partial charge on any atom is 0.0169 e. The Hall–Kier alpha value is -0.120. The Balaban J connectivity index is 1.73. The highest BCUT2D eigenvalue weighted by Gasteiger charge is 2.25. The van der Waals surface area contributed by atoms with Crippen LogP contribution in [0.1, 0.15) is 51.9 Å². The third-order valence-electron chi connectivity index (χ3n) is 4.69. The van der Waals surface area contributed by atoms with Gasteiger partial charge in [-0.1, -0.05) is 19.3 Å². The molecule has 0 spiro atoms. The quantitative estimate of drug-likeness (QED) is 0.787. The molecule has 0 aromatic heterocycles. The first kappa shape index (κ1) is 14.3. The molecular formula is C15H31N3. The van der Waals surface area contributed by atoms with E-state index in [2.05, 4.69) is 17.1 Å². The van der Waals surface area contributed by atoms with Crippen LogP contribution < -0.4 is 11.1 Å². The number of nitrogens with one attached hydrogen (secondary N) is 1. The van der Waals surface area contributed by atoms with Gasteiger partial charge in [0.25, 0.3) is 0 Å². The number of hydrogen-bond donors (Lipinski definition) is 2. The Bertz CT molecular complexity index is 226. The molecule has 1 heterocycles. The van der Waals surface area contributed by atoms with E-state index in [9.17, 15) is 0 Å². The molecule has 1 aliphatic heterocycles. The van der Waals surface area contributed by atoms with Crippen molar-refractivity contribution in [1.29, 1.82) is 0 Å². The van der Waals surface area contributed by atoms with Gasteiger partial charge in [-0.3, -0.25) is 0 Å². The van der Waals surface area contributed by atoms with Gasteiger partial charge in [0.15, 0.2) is 0 Å². The van der Waals surface area contributed by atoms with Crippen molar-refractivity contribution in [2.75, 3.05) is 26.2 Å². The lowest BCUT2D eigenvalue weighted by Gasteiger charge is -2.36. The first-order valence-electron chi connectivity index (χ1n) is 7.98. The minimum Gasteiger partial charge on any atom is -0.330 e. The Morgan fingerprint density at radius 3 is 2.56 bits per heavy atom. The summed E-state index contributed by atoms with van der Waals surface area (Å²) in [4.78, 5) is 2.63. The Morgan fingerprint density at radius 1 is 1.11 bits per heavy atom. The largest absolute Gasteiger partial charge is 0.330 e. The number of rotatable bonds is 5. The normalized spacial score (nSPS) is 32.3. The van der Waals surface area contributed by atoms with Crippen molar-refractivity contribution in [3.05, 3.63) is 0 Å². The lowest BCUT2D eigenvalue weighted by Crippen LogP contribution is -2.49. The smallest absolute Gasteiger partial charge is 0.0169 e. The van der Waals surface area contributed by atoms with E-state index in [-0.39, 0.29) is 0 Å². The van der Waals surface area contributed by atoms with E-state index in [0.29, 0.717) is 18.0 Å². The minimum atomic E-state index is 0.611. The summed E-state index contributed by atoms with van der Waals surface area (Å²) in [5.74, 6) is 0.711. The molecule has 3 atom stereocenters. The highest BCUT2D eigenvalue weighted by molar-refractivity contribution is 4.84. The SMILES string of the molecule is CC(CN1CCCCC1)NC1CCCCC1CN. The zero-order valence-electron chi connectivity index (χ0n) is 12.0. The van der Waals surface area contributed by atoms with Gasteiger partial charge in [0.1, 0.15) is 0 Å². The summed E-state index contributed by atoms with van der Waals surface area (Å²) in [6.45, 7) is 7.02. The second-order valence-corrected chi connectivity index (χ2v) is 6.32. The monoisotopic (exact) mass is 253 g/mol. The highest BCUT2D eigenvalue weighted by atomic mass is 15.2. The van der Waals surface area contributed by atoms with Crippen LogP contribution in [-0.2, 0) is 0 Å². The molecule has 106 valence electrons. The first-order chi connectivity index (χ1) is 8.79. The van der Waals surface area contributed by atoms with E-state index >= 15 is 0 Å². The molecule has 1 aliphatic carbocycles. The van der Waals surface area contributed by atoms with Crippen LogP contribution in [0.25, 0.3) is 0 Å². The second kappa shape index (κ2) is 7.46. The van der Waals surface area contributed by atoms with Crippen LogP contribution in [0.3, 0.4) is 0 Å². The van der Waals surface area contributed by atoms with Gasteiger partial charge in [-0.2, -0.15) is 0 Å². The van der Waals surface area contributed by atoms with E-state index in [1.165, 1.54) is 64.6 Å². The molecule has 18 heavy (non-hydrogen) atoms. The van der Waals surface area contributed by atoms with Gasteiger partial charge in [-0.05, 0) is 58.2 Å². The molecule has 3 heteroatoms. The second-order valence-electron chi connectivity index (χ2n) is 6.32. The van der Waals surface area contributed by atoms with Crippen molar-refractivity contribution in [3.8, 4) is 0 Å². The molecule has 0 amide bonds. The molecule has 0 aromatic rings. The van der Waals surface area contributed by atoms with Crippen molar-refractivity contribution >= 4 is 0 Å². The van der Waals surface area contributed by atoms with Crippen molar-refractivity contribution in [1.82, 2.24) is 10.2 Å². The maximum absolute atomic E-state index is 5.90. The van der Waals surface area contributed by atoms with E-state index in [0.717, 1.165) is 6.54 Å². The summed E-state index contributed by atoms with van der Waals surface area (Å²) < 4.78 is 0. The molecule has 2 aliphatic rings. The molecule has 3 N–H and O–H groups in total. The first-order valence-corrected chi connectivity index (χ1v) is 7.98. The fraction of sp³-hybridized carbons (Fsp3) is 1.00. The molecule has 2 fully saturated rings. The van der Waals surface area contributed by atoms with Gasteiger partial charge in [0.2, 0.25) is 0 Å². The van der Waals surface area contributed by atoms with Gasteiger partial charge in [0, 0.05) is 18.6 Å². The van der Waals surface area contributed by atoms with Gasteiger partial charge >= 0.3 is 0 Å². The Morgan fingerprint density at radius 2 is 1.83 bits per heavy atom. The zero-order chi connectivity index (χ0) is 12.8. The van der Waals surface area contributed by atoms with Crippen LogP contribution in [0.15, 0.2) is 0 Å². The molecular weight excluding hydrogens is 222 g/mol. The van der Waals surface area contributed by atoms with Crippen molar-refractivity contribution in [2.45, 2.75) is 64.0 Å². The predicted molar refractivity (Wildman–Crippen MR) is 77.7 cm³/mol. The van der Waals surface area contributed by atoms with E-state index < -0.39 is 0 Å². The van der Waals surface area contributed by atoms with Crippen LogP contribution in [0, 0.1) is 5.92 Å². The fourth-order valence-electron chi connectivity index (χ4n) is 3.66. The third-order valence-corrected chi connectivity index (χ3v) is 4.69. The van der Waals surface area contributed by atoms with Gasteiger partial charge < -0.3 is 16.0 Å². The highest BCUT2D eigenvalue weighted by Crippen LogP contribution is 2.24. The molecule has 0 aromatic carbocycles. The molecule has 1 saturated heterocycles. The van der Waals surface area contributed by atoms with E-state index in [1.807, 2.05) is 0 Å². The van der Waals surface area contributed by atoms with E-state index in [1.54, 1.807) is 0 Å². The molecule has 0 bridgehead atoms. The van der Waals surface area contributed by atoms with Crippen LogP contribution in [0.5, 0.6) is 0 Å². The molecule has 3 unspecified atom stereocenters. The van der Waals surface area contributed by atoms with Gasteiger partial charge in [0.05, 0.1) is 0 Å². The summed E-state index contributed by atoms with van der Waals surface area (Å²) in [6.07, 6.45) is 9.61. The van der Waals surface area contributed by atoms with Crippen LogP contribution >= 0.6 is 0 Å². The summed E-state index contributed by atoms with van der Waals surface area (Å²) in [6, 6.07) is 1.28. The summed E-state index contributed by atoms with van der Waals surface area (Å²) in [7, 11) is 0. The third kappa shape index (κ3) is 4.22. The summed E-state index contributed by atoms with van der Waals surface area (Å²) >= 11 is 0. The lowest BCUT2D eigenvalue weighted by molar-refractivity contribution is 0.185. The van der Waals surface area contributed by atoms with Crippen molar-refractivity contribution < 1.29 is 0 Å². The number of nitrogens with zero attached hydrogens (tertiary/aromatic N) is 1. The van der Waals surface area contributed by atoms with Crippen LogP contribution in [0.4, 0.5) is 0 Å². The zero-order valence-corrected chi connectivity index (χ0v) is 12.0. The average molecular weight is 253 g/mol. The standard InChI is InChI=1S/C15H31N3/c1-13(12-18-9-5-2-6-10-18)17-15-8-4-3-7-14(15)11-16/h13-15,17H,2-12,16H2,1H3. The molecule has 0 radical (unpaired) electrons. The summed E-state index contributed by atoms with van der Waals surface area (Å²) in [5, 5.41) is 3.85. The van der Waals surface area contributed by atoms with Gasteiger partial charge in [-0.25, -0.2) is 0 Å². The number of hydrogen-bond acceptors (Lipinski definition) is 3. The Labute approximate surface area is 112 Å². The Kier molecular flexibility index (Phi) is 5.93. The molecule has 2 rings (SSSR count). The number of piperidine rings is 1. The van der Waals surface area contributed by atoms with Crippen molar-refractivity contribution in [2.24, 2.45) is 11.7 Å². The van der Waals surface area contributed by atoms with Crippen LogP contribution in [-0.4, -0.2) is 43.2 Å². The molecule has 1 saturated carbocycles. The fourth-order valence-corrected chi connectivity index (χ4v) is 3.66. The average Bonchev–Trinajstić information content (AvgIpc) is 2.40. The number of likely N-dealkylation sites (tertiary alicyclic amines) is 1. The predicted octanol–water partition coefficient (Wildman–Crippen LogP) is 1.97. The topological polar surface area (TPSA) is 41.3 Å². The van der Waals surface area contributed by atoms with Crippen molar-refractivity contribution in [3.63, 3.8) is 0 Å². The van der Waals surface area contributed by atoms with E-state index in [4.69, 9.17) is 5.73 Å². The summed E-state index contributed by atoms with van der Waals surface area (Å²) in [5.41, 5.74) is 5.90. The molecule has 3 nitrogen and oxygen atoms in total. The van der Waals surface area contributed by atoms with Gasteiger partial charge in [-0.15, -0.1) is 0 Å². The lowest BCUT2D eigenvalue weighted by atomic mass is 9.84. The maximum atomic E-state index is 5.90. The van der Waals surface area contributed by atoms with Crippen LogP contribution in [0.2, 0.25) is 0 Å². The minimum absolute atomic E-state index is 0.611.